The van der Waals surface area contributed by atoms with Gasteiger partial charge in [-0.05, 0) is 23.6 Å². The maximum absolute atomic E-state index is 11.6. The number of halogens is 1. The molecular weight excluding hydrogens is 276 g/mol. The Labute approximate surface area is 127 Å². The van der Waals surface area contributed by atoms with Crippen molar-refractivity contribution in [1.82, 2.24) is 5.32 Å². The van der Waals surface area contributed by atoms with Crippen molar-refractivity contribution in [3.05, 3.63) is 29.8 Å². The van der Waals surface area contributed by atoms with Gasteiger partial charge in [0.05, 0.1) is 6.61 Å². The predicted molar refractivity (Wildman–Crippen MR) is 84.1 cm³/mol. The van der Waals surface area contributed by atoms with E-state index in [9.17, 15) is 4.79 Å². The molecule has 0 bridgehead atoms. The molecule has 114 valence electrons. The largest absolute Gasteiger partial charge is 0.493 e. The van der Waals surface area contributed by atoms with Crippen LogP contribution in [0, 0.1) is 11.8 Å². The Morgan fingerprint density at radius 3 is 2.65 bits per heavy atom. The third-order valence-corrected chi connectivity index (χ3v) is 2.75. The maximum atomic E-state index is 11.6. The summed E-state index contributed by atoms with van der Waals surface area (Å²) in [5.41, 5.74) is 6.48. The van der Waals surface area contributed by atoms with Crippen molar-refractivity contribution in [3.63, 3.8) is 0 Å². The van der Waals surface area contributed by atoms with Crippen LogP contribution in [-0.2, 0) is 11.3 Å². The number of carbonyl (C=O) groups is 1. The van der Waals surface area contributed by atoms with E-state index in [1.54, 1.807) is 0 Å². The monoisotopic (exact) mass is 300 g/mol. The average molecular weight is 301 g/mol. The zero-order chi connectivity index (χ0) is 14.3. The van der Waals surface area contributed by atoms with Crippen molar-refractivity contribution in [3.8, 4) is 5.75 Å². The number of rotatable bonds is 7. The topological polar surface area (TPSA) is 64.3 Å². The first kappa shape index (κ1) is 18.7. The highest BCUT2D eigenvalue weighted by Gasteiger charge is 2.09. The molecule has 0 fully saturated rings. The molecule has 20 heavy (non-hydrogen) atoms. The lowest BCUT2D eigenvalue weighted by Gasteiger charge is -2.12. The molecule has 0 aromatic heterocycles. The molecule has 0 spiro atoms. The summed E-state index contributed by atoms with van der Waals surface area (Å²) in [4.78, 5) is 11.6. The van der Waals surface area contributed by atoms with Crippen LogP contribution in [0.2, 0.25) is 0 Å². The second-order valence-corrected chi connectivity index (χ2v) is 5.21. The number of amides is 1. The SMILES string of the molecule is CC(C)COc1cccc(CNC(=O)C(C)CN)c1.Cl. The highest BCUT2D eigenvalue weighted by atomic mass is 35.5. The molecule has 1 amide bonds. The molecule has 1 aromatic carbocycles. The van der Waals surface area contributed by atoms with Crippen molar-refractivity contribution >= 4 is 18.3 Å². The van der Waals surface area contributed by atoms with Crippen molar-refractivity contribution in [2.24, 2.45) is 17.6 Å². The van der Waals surface area contributed by atoms with E-state index in [1.807, 2.05) is 31.2 Å². The van der Waals surface area contributed by atoms with Crippen molar-refractivity contribution in [2.75, 3.05) is 13.2 Å². The summed E-state index contributed by atoms with van der Waals surface area (Å²) in [5.74, 6) is 1.16. The molecule has 0 saturated heterocycles. The Morgan fingerprint density at radius 1 is 1.35 bits per heavy atom. The lowest BCUT2D eigenvalue weighted by Crippen LogP contribution is -2.32. The zero-order valence-corrected chi connectivity index (χ0v) is 13.2. The molecule has 1 rings (SSSR count). The van der Waals surface area contributed by atoms with Gasteiger partial charge in [0.1, 0.15) is 5.75 Å². The van der Waals surface area contributed by atoms with Gasteiger partial charge in [0.2, 0.25) is 5.91 Å². The van der Waals surface area contributed by atoms with Gasteiger partial charge < -0.3 is 15.8 Å². The van der Waals surface area contributed by atoms with E-state index in [-0.39, 0.29) is 24.2 Å². The normalized spacial score (nSPS) is 11.7. The summed E-state index contributed by atoms with van der Waals surface area (Å²) in [6.45, 7) is 7.60. The number of hydrogen-bond acceptors (Lipinski definition) is 3. The summed E-state index contributed by atoms with van der Waals surface area (Å²) in [5, 5.41) is 2.87. The number of ether oxygens (including phenoxy) is 1. The standard InChI is InChI=1S/C15H24N2O2.ClH/c1-11(2)10-19-14-6-4-5-13(7-14)9-17-15(18)12(3)8-16;/h4-7,11-12H,8-10,16H2,1-3H3,(H,17,18);1H. The van der Waals surface area contributed by atoms with Gasteiger partial charge >= 0.3 is 0 Å². The van der Waals surface area contributed by atoms with Gasteiger partial charge in [-0.2, -0.15) is 0 Å². The minimum atomic E-state index is -0.152. The van der Waals surface area contributed by atoms with Crippen LogP contribution in [0.25, 0.3) is 0 Å². The Kier molecular flexibility index (Phi) is 9.01. The first-order valence-corrected chi connectivity index (χ1v) is 6.72. The number of nitrogens with two attached hydrogens (primary N) is 1. The van der Waals surface area contributed by atoms with Gasteiger partial charge in [0, 0.05) is 19.0 Å². The molecule has 5 heteroatoms. The minimum absolute atomic E-state index is 0. The average Bonchev–Trinajstić information content (AvgIpc) is 2.42. The minimum Gasteiger partial charge on any atom is -0.493 e. The van der Waals surface area contributed by atoms with E-state index in [2.05, 4.69) is 19.2 Å². The van der Waals surface area contributed by atoms with Gasteiger partial charge in [-0.1, -0.05) is 32.9 Å². The van der Waals surface area contributed by atoms with Gasteiger partial charge in [-0.25, -0.2) is 0 Å². The Bertz CT molecular complexity index is 411. The van der Waals surface area contributed by atoms with Crippen LogP contribution in [-0.4, -0.2) is 19.1 Å². The highest BCUT2D eigenvalue weighted by Crippen LogP contribution is 2.14. The summed E-state index contributed by atoms with van der Waals surface area (Å²) < 4.78 is 5.65. The number of carbonyl (C=O) groups excluding carboxylic acids is 1. The smallest absolute Gasteiger partial charge is 0.224 e. The van der Waals surface area contributed by atoms with E-state index >= 15 is 0 Å². The summed E-state index contributed by atoms with van der Waals surface area (Å²) in [7, 11) is 0. The summed E-state index contributed by atoms with van der Waals surface area (Å²) >= 11 is 0. The molecule has 0 saturated carbocycles. The predicted octanol–water partition coefficient (Wildman–Crippen LogP) is 2.35. The fourth-order valence-electron chi connectivity index (χ4n) is 1.48. The van der Waals surface area contributed by atoms with E-state index < -0.39 is 0 Å². The number of benzene rings is 1. The van der Waals surface area contributed by atoms with Gasteiger partial charge in [0.15, 0.2) is 0 Å². The fraction of sp³-hybridized carbons (Fsp3) is 0.533. The second-order valence-electron chi connectivity index (χ2n) is 5.21. The van der Waals surface area contributed by atoms with E-state index in [1.165, 1.54) is 0 Å². The number of nitrogens with one attached hydrogen (secondary N) is 1. The molecule has 1 aromatic rings. The third-order valence-electron chi connectivity index (χ3n) is 2.75. The first-order valence-electron chi connectivity index (χ1n) is 6.72. The summed E-state index contributed by atoms with van der Waals surface area (Å²) in [6, 6.07) is 7.78. The number of hydrogen-bond donors (Lipinski definition) is 2. The van der Waals surface area contributed by atoms with Crippen LogP contribution < -0.4 is 15.8 Å². The van der Waals surface area contributed by atoms with E-state index in [0.717, 1.165) is 11.3 Å². The molecule has 0 aliphatic heterocycles. The zero-order valence-electron chi connectivity index (χ0n) is 12.4. The fourth-order valence-corrected chi connectivity index (χ4v) is 1.48. The lowest BCUT2D eigenvalue weighted by atomic mass is 10.1. The lowest BCUT2D eigenvalue weighted by molar-refractivity contribution is -0.124. The molecule has 3 N–H and O–H groups in total. The third kappa shape index (κ3) is 6.78. The van der Waals surface area contributed by atoms with Crippen LogP contribution in [0.4, 0.5) is 0 Å². The van der Waals surface area contributed by atoms with Crippen LogP contribution in [0.15, 0.2) is 24.3 Å². The Hall–Kier alpha value is -1.26. The molecule has 1 atom stereocenters. The molecule has 0 aliphatic carbocycles. The Balaban J connectivity index is 0.00000361. The van der Waals surface area contributed by atoms with E-state index in [0.29, 0.717) is 25.6 Å². The molecule has 0 heterocycles. The molecule has 0 radical (unpaired) electrons. The van der Waals surface area contributed by atoms with Gasteiger partial charge in [-0.15, -0.1) is 12.4 Å². The van der Waals surface area contributed by atoms with Crippen LogP contribution >= 0.6 is 12.4 Å². The molecular formula is C15H25ClN2O2. The van der Waals surface area contributed by atoms with E-state index in [4.69, 9.17) is 10.5 Å². The van der Waals surface area contributed by atoms with Crippen molar-refractivity contribution in [2.45, 2.75) is 27.3 Å². The Morgan fingerprint density at radius 2 is 2.05 bits per heavy atom. The second kappa shape index (κ2) is 9.61. The van der Waals surface area contributed by atoms with Gasteiger partial charge in [-0.3, -0.25) is 4.79 Å². The summed E-state index contributed by atoms with van der Waals surface area (Å²) in [6.07, 6.45) is 0. The maximum Gasteiger partial charge on any atom is 0.224 e. The van der Waals surface area contributed by atoms with Crippen LogP contribution in [0.1, 0.15) is 26.3 Å². The molecule has 1 unspecified atom stereocenters. The van der Waals surface area contributed by atoms with Crippen molar-refractivity contribution < 1.29 is 9.53 Å². The van der Waals surface area contributed by atoms with Gasteiger partial charge in [0.25, 0.3) is 0 Å². The molecule has 0 aliphatic rings. The molecule has 4 nitrogen and oxygen atoms in total. The van der Waals surface area contributed by atoms with Crippen LogP contribution in [0.5, 0.6) is 5.75 Å². The first-order chi connectivity index (χ1) is 9.02. The van der Waals surface area contributed by atoms with Crippen LogP contribution in [0.3, 0.4) is 0 Å². The quantitative estimate of drug-likeness (QED) is 0.812. The highest BCUT2D eigenvalue weighted by molar-refractivity contribution is 5.85. The van der Waals surface area contributed by atoms with Crippen molar-refractivity contribution in [1.29, 1.82) is 0 Å².